The van der Waals surface area contributed by atoms with Crippen LogP contribution in [-0.4, -0.2) is 23.5 Å². The summed E-state index contributed by atoms with van der Waals surface area (Å²) in [5, 5.41) is 5.51. The van der Waals surface area contributed by atoms with Crippen LogP contribution in [-0.2, 0) is 6.42 Å². The molecule has 0 spiro atoms. The standard InChI is InChI=1S/C17H20FN3OS/c18-13-6-2-1-4-11(13)8-16-20-15(10-23-16)17(22)21-14-7-3-5-12(14)9-19/h1-2,4,6,10,12,14H,3,5,7-9,19H2,(H,21,22). The van der Waals surface area contributed by atoms with Gasteiger partial charge in [0.25, 0.3) is 5.91 Å². The number of amides is 1. The molecule has 1 aliphatic rings. The maximum atomic E-state index is 13.7. The first-order valence-electron chi connectivity index (χ1n) is 7.86. The van der Waals surface area contributed by atoms with Crippen molar-refractivity contribution < 1.29 is 9.18 Å². The van der Waals surface area contributed by atoms with Crippen molar-refractivity contribution in [2.75, 3.05) is 6.54 Å². The second-order valence-electron chi connectivity index (χ2n) is 5.90. The Balaban J connectivity index is 1.64. The topological polar surface area (TPSA) is 68.0 Å². The minimum absolute atomic E-state index is 0.143. The number of nitrogens with one attached hydrogen (secondary N) is 1. The number of aromatic nitrogens is 1. The third-order valence-corrected chi connectivity index (χ3v) is 5.21. The number of benzene rings is 1. The van der Waals surface area contributed by atoms with Crippen molar-refractivity contribution in [3.8, 4) is 0 Å². The van der Waals surface area contributed by atoms with Crippen LogP contribution in [0.5, 0.6) is 0 Å². The first kappa shape index (κ1) is 16.1. The zero-order valence-electron chi connectivity index (χ0n) is 12.8. The van der Waals surface area contributed by atoms with Crippen molar-refractivity contribution >= 4 is 17.2 Å². The van der Waals surface area contributed by atoms with E-state index in [-0.39, 0.29) is 17.8 Å². The fourth-order valence-corrected chi connectivity index (χ4v) is 3.85. The summed E-state index contributed by atoms with van der Waals surface area (Å²) in [6.45, 7) is 0.598. The quantitative estimate of drug-likeness (QED) is 0.884. The summed E-state index contributed by atoms with van der Waals surface area (Å²) in [5.41, 5.74) is 6.74. The smallest absolute Gasteiger partial charge is 0.270 e. The van der Waals surface area contributed by atoms with Crippen molar-refractivity contribution in [2.24, 2.45) is 11.7 Å². The summed E-state index contributed by atoms with van der Waals surface area (Å²) in [5.74, 6) is -0.0488. The number of thiazole rings is 1. The van der Waals surface area contributed by atoms with Crippen LogP contribution in [0.25, 0.3) is 0 Å². The van der Waals surface area contributed by atoms with Gasteiger partial charge in [-0.3, -0.25) is 4.79 Å². The van der Waals surface area contributed by atoms with Gasteiger partial charge < -0.3 is 11.1 Å². The highest BCUT2D eigenvalue weighted by Gasteiger charge is 2.28. The third-order valence-electron chi connectivity index (χ3n) is 4.36. The molecule has 1 fully saturated rings. The molecule has 0 radical (unpaired) electrons. The fourth-order valence-electron chi connectivity index (χ4n) is 3.05. The fraction of sp³-hybridized carbons (Fsp3) is 0.412. The Bertz CT molecular complexity index is 688. The van der Waals surface area contributed by atoms with E-state index >= 15 is 0 Å². The van der Waals surface area contributed by atoms with E-state index < -0.39 is 0 Å². The second kappa shape index (κ2) is 7.19. The van der Waals surface area contributed by atoms with E-state index in [2.05, 4.69) is 10.3 Å². The van der Waals surface area contributed by atoms with Gasteiger partial charge in [0.15, 0.2) is 0 Å². The zero-order chi connectivity index (χ0) is 16.2. The van der Waals surface area contributed by atoms with E-state index in [1.54, 1.807) is 23.6 Å². The summed E-state index contributed by atoms with van der Waals surface area (Å²) < 4.78 is 13.7. The number of nitrogens with two attached hydrogens (primary N) is 1. The lowest BCUT2D eigenvalue weighted by molar-refractivity contribution is 0.0924. The summed E-state index contributed by atoms with van der Waals surface area (Å²) in [6.07, 6.45) is 3.54. The molecule has 2 atom stereocenters. The lowest BCUT2D eigenvalue weighted by atomic mass is 10.0. The number of hydrogen-bond donors (Lipinski definition) is 2. The Morgan fingerprint density at radius 1 is 1.39 bits per heavy atom. The number of nitrogens with zero attached hydrogens (tertiary/aromatic N) is 1. The highest BCUT2D eigenvalue weighted by molar-refractivity contribution is 7.09. The molecule has 0 aliphatic heterocycles. The Kier molecular flexibility index (Phi) is 5.03. The van der Waals surface area contributed by atoms with Crippen molar-refractivity contribution in [3.63, 3.8) is 0 Å². The SMILES string of the molecule is NCC1CCCC1NC(=O)c1csc(Cc2ccccc2F)n1. The van der Waals surface area contributed by atoms with Crippen LogP contribution in [0.3, 0.4) is 0 Å². The van der Waals surface area contributed by atoms with Crippen LogP contribution in [0, 0.1) is 11.7 Å². The number of carbonyl (C=O) groups excluding carboxylic acids is 1. The Morgan fingerprint density at radius 3 is 3.00 bits per heavy atom. The molecular weight excluding hydrogens is 313 g/mol. The average Bonchev–Trinajstić information content (AvgIpc) is 3.18. The molecule has 6 heteroatoms. The maximum absolute atomic E-state index is 13.7. The molecule has 23 heavy (non-hydrogen) atoms. The number of carbonyl (C=O) groups is 1. The van der Waals surface area contributed by atoms with E-state index in [1.807, 2.05) is 0 Å². The van der Waals surface area contributed by atoms with Gasteiger partial charge in [-0.2, -0.15) is 0 Å². The van der Waals surface area contributed by atoms with E-state index in [0.29, 0.717) is 30.1 Å². The van der Waals surface area contributed by atoms with Gasteiger partial charge in [-0.15, -0.1) is 11.3 Å². The van der Waals surface area contributed by atoms with E-state index in [9.17, 15) is 9.18 Å². The minimum Gasteiger partial charge on any atom is -0.348 e. The molecule has 1 saturated carbocycles. The molecule has 1 amide bonds. The Hall–Kier alpha value is -1.79. The van der Waals surface area contributed by atoms with Crippen LogP contribution >= 0.6 is 11.3 Å². The van der Waals surface area contributed by atoms with Gasteiger partial charge in [0.2, 0.25) is 0 Å². The lowest BCUT2D eigenvalue weighted by Gasteiger charge is -2.18. The van der Waals surface area contributed by atoms with Crippen LogP contribution in [0.4, 0.5) is 4.39 Å². The van der Waals surface area contributed by atoms with Crippen molar-refractivity contribution in [2.45, 2.75) is 31.7 Å². The molecule has 1 heterocycles. The molecule has 2 aromatic rings. The largest absolute Gasteiger partial charge is 0.348 e. The van der Waals surface area contributed by atoms with Crippen molar-refractivity contribution in [1.29, 1.82) is 0 Å². The third kappa shape index (κ3) is 3.76. The number of hydrogen-bond acceptors (Lipinski definition) is 4. The van der Waals surface area contributed by atoms with Gasteiger partial charge in [0.05, 0.1) is 5.01 Å². The summed E-state index contributed by atoms with van der Waals surface area (Å²) in [4.78, 5) is 16.7. The molecule has 1 aromatic heterocycles. The molecular formula is C17H20FN3OS. The number of halogens is 1. The van der Waals surface area contributed by atoms with Gasteiger partial charge in [0, 0.05) is 17.8 Å². The molecule has 1 aliphatic carbocycles. The van der Waals surface area contributed by atoms with Crippen LogP contribution in [0.15, 0.2) is 29.6 Å². The maximum Gasteiger partial charge on any atom is 0.270 e. The highest BCUT2D eigenvalue weighted by Crippen LogP contribution is 2.25. The van der Waals surface area contributed by atoms with E-state index in [1.165, 1.54) is 17.4 Å². The first-order valence-corrected chi connectivity index (χ1v) is 8.74. The molecule has 122 valence electrons. The van der Waals surface area contributed by atoms with Crippen molar-refractivity contribution in [1.82, 2.24) is 10.3 Å². The van der Waals surface area contributed by atoms with Gasteiger partial charge in [0.1, 0.15) is 11.5 Å². The first-order chi connectivity index (χ1) is 11.2. The summed E-state index contributed by atoms with van der Waals surface area (Å²) in [6, 6.07) is 6.77. The molecule has 4 nitrogen and oxygen atoms in total. The molecule has 2 unspecified atom stereocenters. The predicted molar refractivity (Wildman–Crippen MR) is 89.0 cm³/mol. The minimum atomic E-state index is -0.245. The Morgan fingerprint density at radius 2 is 2.22 bits per heavy atom. The van der Waals surface area contributed by atoms with Gasteiger partial charge >= 0.3 is 0 Å². The average molecular weight is 333 g/mol. The van der Waals surface area contributed by atoms with E-state index in [0.717, 1.165) is 24.3 Å². The highest BCUT2D eigenvalue weighted by atomic mass is 32.1. The lowest BCUT2D eigenvalue weighted by Crippen LogP contribution is -2.40. The molecule has 3 rings (SSSR count). The molecule has 0 bridgehead atoms. The number of rotatable bonds is 5. The van der Waals surface area contributed by atoms with Crippen LogP contribution in [0.1, 0.15) is 40.3 Å². The zero-order valence-corrected chi connectivity index (χ0v) is 13.6. The summed E-state index contributed by atoms with van der Waals surface area (Å²) >= 11 is 1.38. The van der Waals surface area contributed by atoms with Gasteiger partial charge in [-0.25, -0.2) is 9.37 Å². The molecule has 0 saturated heterocycles. The van der Waals surface area contributed by atoms with Gasteiger partial charge in [-0.1, -0.05) is 24.6 Å². The summed E-state index contributed by atoms with van der Waals surface area (Å²) in [7, 11) is 0. The van der Waals surface area contributed by atoms with E-state index in [4.69, 9.17) is 5.73 Å². The normalized spacial score (nSPS) is 20.6. The molecule has 3 N–H and O–H groups in total. The predicted octanol–water partition coefficient (Wildman–Crippen LogP) is 2.73. The van der Waals surface area contributed by atoms with Crippen molar-refractivity contribution in [3.05, 3.63) is 51.7 Å². The van der Waals surface area contributed by atoms with Gasteiger partial charge in [-0.05, 0) is 36.9 Å². The van der Waals surface area contributed by atoms with Crippen LogP contribution in [0.2, 0.25) is 0 Å². The molecule has 1 aromatic carbocycles. The Labute approximate surface area is 138 Å². The monoisotopic (exact) mass is 333 g/mol. The van der Waals surface area contributed by atoms with Crippen LogP contribution < -0.4 is 11.1 Å². The second-order valence-corrected chi connectivity index (χ2v) is 6.84.